The Kier molecular flexibility index (Phi) is 8.35. The van der Waals surface area contributed by atoms with Gasteiger partial charge in [0.05, 0.1) is 4.90 Å². The molecule has 0 radical (unpaired) electrons. The smallest absolute Gasteiger partial charge is 0.312 e. The van der Waals surface area contributed by atoms with Crippen LogP contribution >= 0.6 is 11.6 Å². The molecule has 31 heavy (non-hydrogen) atoms. The lowest BCUT2D eigenvalue weighted by molar-refractivity contribution is 0.256. The van der Waals surface area contributed by atoms with Gasteiger partial charge in [0.2, 0.25) is 0 Å². The number of para-hydroxylation sites is 1. The summed E-state index contributed by atoms with van der Waals surface area (Å²) < 4.78 is 26.8. The van der Waals surface area contributed by atoms with Crippen molar-refractivity contribution in [2.24, 2.45) is 11.8 Å². The zero-order chi connectivity index (χ0) is 22.3. The number of benzene rings is 2. The van der Waals surface area contributed by atoms with E-state index in [0.29, 0.717) is 23.2 Å². The largest absolute Gasteiger partial charge is 0.333 e. The molecule has 1 aliphatic rings. The summed E-state index contributed by atoms with van der Waals surface area (Å²) in [5.74, 6) is 1.38. The molecule has 1 saturated carbocycles. The van der Waals surface area contributed by atoms with E-state index in [2.05, 4.69) is 17.6 Å². The predicted octanol–water partition coefficient (Wildman–Crippen LogP) is 5.16. The van der Waals surface area contributed by atoms with Gasteiger partial charge in [-0.2, -0.15) is 0 Å². The van der Waals surface area contributed by atoms with Crippen molar-refractivity contribution in [1.29, 1.82) is 0 Å². The van der Waals surface area contributed by atoms with Gasteiger partial charge in [-0.25, -0.2) is 17.9 Å². The van der Waals surface area contributed by atoms with Crippen molar-refractivity contribution in [2.45, 2.75) is 50.5 Å². The molecule has 0 aromatic heterocycles. The van der Waals surface area contributed by atoms with Gasteiger partial charge < -0.3 is 10.6 Å². The van der Waals surface area contributed by atoms with E-state index in [1.165, 1.54) is 56.4 Å². The molecule has 0 bridgehead atoms. The summed E-state index contributed by atoms with van der Waals surface area (Å²) in [7, 11) is -3.99. The normalized spacial score (nSPS) is 15.9. The number of hydrogen-bond acceptors (Lipinski definition) is 4. The van der Waals surface area contributed by atoms with Crippen molar-refractivity contribution in [3.63, 3.8) is 0 Å². The molecule has 3 rings (SSSR count). The number of anilines is 1. The molecule has 1 fully saturated rings. The van der Waals surface area contributed by atoms with Gasteiger partial charge in [-0.15, -0.1) is 0 Å². The third kappa shape index (κ3) is 6.95. The van der Waals surface area contributed by atoms with Gasteiger partial charge in [0, 0.05) is 17.3 Å². The Morgan fingerprint density at radius 1 is 1.06 bits per heavy atom. The molecule has 3 N–H and O–H groups in total. The summed E-state index contributed by atoms with van der Waals surface area (Å²) in [6, 6.07) is 12.2. The molecule has 2 amide bonds. The fourth-order valence-corrected chi connectivity index (χ4v) is 5.08. The van der Waals surface area contributed by atoms with Gasteiger partial charge >= 0.3 is 6.03 Å². The standard InChI is InChI=1S/C23H30ClN3O3S/c1-17(18-7-3-2-4-8-18)15-25-16-19-9-5-6-10-22(19)26-23(28)27-31(29,30)21-13-11-20(24)12-14-21/h5-6,9-14,17-18,25H,2-4,7-8,15-16H2,1H3,(H2,26,27,28). The molecule has 0 aliphatic heterocycles. The molecule has 1 aliphatic carbocycles. The van der Waals surface area contributed by atoms with E-state index in [0.717, 1.165) is 18.0 Å². The monoisotopic (exact) mass is 463 g/mol. The molecule has 8 heteroatoms. The molecule has 0 spiro atoms. The van der Waals surface area contributed by atoms with Crippen LogP contribution in [0.5, 0.6) is 0 Å². The summed E-state index contributed by atoms with van der Waals surface area (Å²) in [4.78, 5) is 12.3. The minimum atomic E-state index is -3.99. The zero-order valence-electron chi connectivity index (χ0n) is 17.7. The van der Waals surface area contributed by atoms with E-state index in [1.807, 2.05) is 16.9 Å². The van der Waals surface area contributed by atoms with E-state index >= 15 is 0 Å². The third-order valence-corrected chi connectivity index (χ3v) is 7.45. The number of carbonyl (C=O) groups excluding carboxylic acids is 1. The number of nitrogens with one attached hydrogen (secondary N) is 3. The maximum Gasteiger partial charge on any atom is 0.333 e. The molecule has 0 heterocycles. The first kappa shape index (κ1) is 23.6. The Balaban J connectivity index is 1.55. The number of hydrogen-bond donors (Lipinski definition) is 3. The predicted molar refractivity (Wildman–Crippen MR) is 125 cm³/mol. The topological polar surface area (TPSA) is 87.3 Å². The molecule has 0 saturated heterocycles. The fourth-order valence-electron chi connectivity index (χ4n) is 4.04. The number of amides is 2. The average Bonchev–Trinajstić information content (AvgIpc) is 2.75. The quantitative estimate of drug-likeness (QED) is 0.504. The molecule has 168 valence electrons. The van der Waals surface area contributed by atoms with Crippen LogP contribution in [-0.4, -0.2) is 21.0 Å². The Morgan fingerprint density at radius 3 is 2.45 bits per heavy atom. The van der Waals surface area contributed by atoms with Gasteiger partial charge in [-0.05, 0) is 54.3 Å². The number of sulfonamides is 1. The van der Waals surface area contributed by atoms with E-state index in [-0.39, 0.29) is 4.90 Å². The summed E-state index contributed by atoms with van der Waals surface area (Å²) >= 11 is 5.80. The highest BCUT2D eigenvalue weighted by molar-refractivity contribution is 7.90. The number of carbonyl (C=O) groups is 1. The van der Waals surface area contributed by atoms with Gasteiger partial charge in [-0.1, -0.05) is 68.8 Å². The third-order valence-electron chi connectivity index (χ3n) is 5.85. The number of halogens is 1. The molecule has 1 atom stereocenters. The van der Waals surface area contributed by atoms with Crippen LogP contribution in [0.1, 0.15) is 44.6 Å². The Hall–Kier alpha value is -2.09. The molecule has 2 aromatic rings. The summed E-state index contributed by atoms with van der Waals surface area (Å²) in [6.45, 7) is 3.80. The van der Waals surface area contributed by atoms with Crippen molar-refractivity contribution in [3.05, 3.63) is 59.1 Å². The lowest BCUT2D eigenvalue weighted by Gasteiger charge is -2.28. The van der Waals surface area contributed by atoms with E-state index in [1.54, 1.807) is 12.1 Å². The highest BCUT2D eigenvalue weighted by Crippen LogP contribution is 2.29. The lowest BCUT2D eigenvalue weighted by Crippen LogP contribution is -2.34. The van der Waals surface area contributed by atoms with Crippen molar-refractivity contribution in [1.82, 2.24) is 10.0 Å². The minimum absolute atomic E-state index is 0.0290. The minimum Gasteiger partial charge on any atom is -0.312 e. The summed E-state index contributed by atoms with van der Waals surface area (Å²) in [5, 5.41) is 6.56. The van der Waals surface area contributed by atoms with Crippen molar-refractivity contribution < 1.29 is 13.2 Å². The van der Waals surface area contributed by atoms with Crippen LogP contribution in [0, 0.1) is 11.8 Å². The Bertz CT molecular complexity index is 974. The molecule has 6 nitrogen and oxygen atoms in total. The first-order valence-corrected chi connectivity index (χ1v) is 12.6. The average molecular weight is 464 g/mol. The van der Waals surface area contributed by atoms with Gasteiger partial charge in [0.15, 0.2) is 0 Å². The van der Waals surface area contributed by atoms with Gasteiger partial charge in [0.25, 0.3) is 10.0 Å². The van der Waals surface area contributed by atoms with E-state index in [9.17, 15) is 13.2 Å². The van der Waals surface area contributed by atoms with Crippen LogP contribution in [0.25, 0.3) is 0 Å². The maximum absolute atomic E-state index is 12.4. The first-order valence-electron chi connectivity index (χ1n) is 10.7. The van der Waals surface area contributed by atoms with Crippen LogP contribution in [0.4, 0.5) is 10.5 Å². The Morgan fingerprint density at radius 2 is 1.74 bits per heavy atom. The van der Waals surface area contributed by atoms with Gasteiger partial charge in [0.1, 0.15) is 0 Å². The highest BCUT2D eigenvalue weighted by Gasteiger charge is 2.20. The molecule has 1 unspecified atom stereocenters. The second-order valence-electron chi connectivity index (χ2n) is 8.18. The molecular formula is C23H30ClN3O3S. The lowest BCUT2D eigenvalue weighted by atomic mass is 9.81. The van der Waals surface area contributed by atoms with Crippen molar-refractivity contribution in [3.8, 4) is 0 Å². The summed E-state index contributed by atoms with van der Waals surface area (Å²) in [6.07, 6.45) is 6.63. The van der Waals surface area contributed by atoms with Crippen LogP contribution in [0.3, 0.4) is 0 Å². The van der Waals surface area contributed by atoms with Crippen molar-refractivity contribution >= 4 is 33.3 Å². The fraction of sp³-hybridized carbons (Fsp3) is 0.435. The number of urea groups is 1. The molecular weight excluding hydrogens is 434 g/mol. The second kappa shape index (κ2) is 11.0. The maximum atomic E-state index is 12.4. The Labute approximate surface area is 189 Å². The van der Waals surface area contributed by atoms with Crippen LogP contribution in [-0.2, 0) is 16.6 Å². The first-order chi connectivity index (χ1) is 14.8. The van der Waals surface area contributed by atoms with Gasteiger partial charge in [-0.3, -0.25) is 0 Å². The van der Waals surface area contributed by atoms with Crippen LogP contribution in [0.15, 0.2) is 53.4 Å². The highest BCUT2D eigenvalue weighted by atomic mass is 35.5. The number of rotatable bonds is 8. The van der Waals surface area contributed by atoms with Crippen molar-refractivity contribution in [2.75, 3.05) is 11.9 Å². The molecule has 2 aromatic carbocycles. The van der Waals surface area contributed by atoms with E-state index in [4.69, 9.17) is 11.6 Å². The summed E-state index contributed by atoms with van der Waals surface area (Å²) in [5.41, 5.74) is 1.47. The zero-order valence-corrected chi connectivity index (χ0v) is 19.3. The van der Waals surface area contributed by atoms with Crippen LogP contribution in [0.2, 0.25) is 5.02 Å². The van der Waals surface area contributed by atoms with Crippen LogP contribution < -0.4 is 15.4 Å². The second-order valence-corrected chi connectivity index (χ2v) is 10.3. The van der Waals surface area contributed by atoms with E-state index < -0.39 is 16.1 Å². The SMILES string of the molecule is CC(CNCc1ccccc1NC(=O)NS(=O)(=O)c1ccc(Cl)cc1)C1CCCCC1.